The number of amides is 1. The average molecular weight is 351 g/mol. The van der Waals surface area contributed by atoms with E-state index in [-0.39, 0.29) is 17.8 Å². The summed E-state index contributed by atoms with van der Waals surface area (Å²) in [5, 5.41) is 0.326. The zero-order valence-electron chi connectivity index (χ0n) is 13.0. The Bertz CT molecular complexity index is 767. The molecule has 0 unspecified atom stereocenters. The fraction of sp³-hybridized carbons (Fsp3) is 0.176. The third kappa shape index (κ3) is 4.45. The number of ether oxygens (including phenoxy) is 1. The van der Waals surface area contributed by atoms with Gasteiger partial charge in [0.2, 0.25) is 0 Å². The third-order valence-electron chi connectivity index (χ3n) is 3.35. The molecule has 0 saturated carbocycles. The maximum Gasteiger partial charge on any atom is 0.338 e. The van der Waals surface area contributed by atoms with Crippen LogP contribution in [0.25, 0.3) is 0 Å². The predicted molar refractivity (Wildman–Crippen MR) is 89.0 cm³/mol. The number of anilines is 1. The van der Waals surface area contributed by atoms with Crippen LogP contribution >= 0.6 is 11.6 Å². The summed E-state index contributed by atoms with van der Waals surface area (Å²) in [6.07, 6.45) is 0. The first-order chi connectivity index (χ1) is 11.4. The van der Waals surface area contributed by atoms with Crippen LogP contribution < -0.4 is 5.73 Å². The molecule has 0 spiro atoms. The number of carbonyl (C=O) groups is 2. The second-order valence-corrected chi connectivity index (χ2v) is 5.56. The molecule has 2 aromatic rings. The molecule has 0 aliphatic rings. The van der Waals surface area contributed by atoms with Crippen molar-refractivity contribution in [1.29, 1.82) is 0 Å². The Morgan fingerprint density at radius 2 is 1.96 bits per heavy atom. The molecular formula is C17H16ClFN2O3. The van der Waals surface area contributed by atoms with Crippen molar-refractivity contribution in [3.8, 4) is 0 Å². The number of hydrogen-bond donors (Lipinski definition) is 1. The Kier molecular flexibility index (Phi) is 5.76. The van der Waals surface area contributed by atoms with E-state index in [1.165, 1.54) is 36.2 Å². The molecule has 24 heavy (non-hydrogen) atoms. The van der Waals surface area contributed by atoms with Crippen LogP contribution in [0.4, 0.5) is 10.1 Å². The van der Waals surface area contributed by atoms with E-state index < -0.39 is 24.3 Å². The zero-order valence-corrected chi connectivity index (χ0v) is 13.7. The first kappa shape index (κ1) is 17.7. The Hall–Kier alpha value is -2.60. The summed E-state index contributed by atoms with van der Waals surface area (Å²) in [6.45, 7) is -0.372. The van der Waals surface area contributed by atoms with Gasteiger partial charge in [0.05, 0.1) is 16.3 Å². The summed E-state index contributed by atoms with van der Waals surface area (Å²) >= 11 is 5.78. The fourth-order valence-corrected chi connectivity index (χ4v) is 2.08. The van der Waals surface area contributed by atoms with Crippen molar-refractivity contribution in [3.05, 3.63) is 64.4 Å². The van der Waals surface area contributed by atoms with Crippen LogP contribution in [-0.2, 0) is 16.1 Å². The lowest BCUT2D eigenvalue weighted by Gasteiger charge is -2.17. The van der Waals surface area contributed by atoms with Gasteiger partial charge in [0, 0.05) is 19.2 Å². The predicted octanol–water partition coefficient (Wildman–Crippen LogP) is 2.88. The number of likely N-dealkylation sites (N-methyl/N-ethyl adjacent to an activating group) is 1. The van der Waals surface area contributed by atoms with Gasteiger partial charge in [0.1, 0.15) is 5.82 Å². The third-order valence-corrected chi connectivity index (χ3v) is 3.69. The molecule has 1 amide bonds. The number of nitrogens with two attached hydrogens (primary N) is 1. The average Bonchev–Trinajstić information content (AvgIpc) is 2.56. The molecule has 0 heterocycles. The number of esters is 1. The van der Waals surface area contributed by atoms with Crippen LogP contribution in [0.15, 0.2) is 42.5 Å². The van der Waals surface area contributed by atoms with Gasteiger partial charge < -0.3 is 15.4 Å². The first-order valence-electron chi connectivity index (χ1n) is 7.08. The van der Waals surface area contributed by atoms with E-state index in [0.717, 1.165) is 0 Å². The first-order valence-corrected chi connectivity index (χ1v) is 7.46. The van der Waals surface area contributed by atoms with Crippen LogP contribution in [0.2, 0.25) is 5.02 Å². The lowest BCUT2D eigenvalue weighted by Crippen LogP contribution is -2.31. The topological polar surface area (TPSA) is 72.6 Å². The van der Waals surface area contributed by atoms with E-state index >= 15 is 0 Å². The second-order valence-electron chi connectivity index (χ2n) is 5.15. The van der Waals surface area contributed by atoms with E-state index in [9.17, 15) is 14.0 Å². The highest BCUT2D eigenvalue weighted by atomic mass is 35.5. The van der Waals surface area contributed by atoms with E-state index in [2.05, 4.69) is 0 Å². The maximum atomic E-state index is 13.6. The highest BCUT2D eigenvalue weighted by molar-refractivity contribution is 6.33. The Morgan fingerprint density at radius 1 is 1.25 bits per heavy atom. The van der Waals surface area contributed by atoms with Crippen LogP contribution in [0.3, 0.4) is 0 Å². The minimum absolute atomic E-state index is 0.0803. The highest BCUT2D eigenvalue weighted by Gasteiger charge is 2.15. The quantitative estimate of drug-likeness (QED) is 0.664. The molecule has 0 bridgehead atoms. The highest BCUT2D eigenvalue weighted by Crippen LogP contribution is 2.20. The number of rotatable bonds is 5. The summed E-state index contributed by atoms with van der Waals surface area (Å²) in [4.78, 5) is 25.2. The number of halogens is 2. The summed E-state index contributed by atoms with van der Waals surface area (Å²) in [5.74, 6) is -1.54. The molecule has 2 rings (SSSR count). The van der Waals surface area contributed by atoms with Crippen molar-refractivity contribution in [1.82, 2.24) is 4.90 Å². The molecule has 0 radical (unpaired) electrons. The smallest absolute Gasteiger partial charge is 0.338 e. The number of carbonyl (C=O) groups excluding carboxylic acids is 2. The number of benzene rings is 2. The monoisotopic (exact) mass is 350 g/mol. The van der Waals surface area contributed by atoms with Crippen LogP contribution in [0, 0.1) is 5.82 Å². The SMILES string of the molecule is CN(Cc1ccccc1F)C(=O)COC(=O)c1ccc(Cl)c(N)c1. The molecule has 0 aromatic heterocycles. The Morgan fingerprint density at radius 3 is 2.62 bits per heavy atom. The van der Waals surface area contributed by atoms with Crippen molar-refractivity contribution in [2.24, 2.45) is 0 Å². The maximum absolute atomic E-state index is 13.6. The van der Waals surface area contributed by atoms with Gasteiger partial charge in [0.15, 0.2) is 6.61 Å². The number of nitrogen functional groups attached to an aromatic ring is 1. The standard InChI is InChI=1S/C17H16ClFN2O3/c1-21(9-12-4-2-3-5-14(12)19)16(22)10-24-17(23)11-6-7-13(18)15(20)8-11/h2-8H,9-10,20H2,1H3. The molecule has 0 aliphatic heterocycles. The van der Waals surface area contributed by atoms with Crippen LogP contribution in [0.5, 0.6) is 0 Å². The summed E-state index contributed by atoms with van der Waals surface area (Å²) in [6, 6.07) is 10.5. The van der Waals surface area contributed by atoms with Gasteiger partial charge in [-0.05, 0) is 24.3 Å². The summed E-state index contributed by atoms with van der Waals surface area (Å²) < 4.78 is 18.5. The van der Waals surface area contributed by atoms with Gasteiger partial charge in [-0.2, -0.15) is 0 Å². The van der Waals surface area contributed by atoms with Crippen molar-refractivity contribution < 1.29 is 18.7 Å². The Labute approximate surface area is 143 Å². The molecule has 7 heteroatoms. The lowest BCUT2D eigenvalue weighted by molar-refractivity contribution is -0.133. The molecule has 2 N–H and O–H groups in total. The molecule has 0 atom stereocenters. The minimum atomic E-state index is -0.689. The fourth-order valence-electron chi connectivity index (χ4n) is 1.96. The number of hydrogen-bond acceptors (Lipinski definition) is 4. The zero-order chi connectivity index (χ0) is 17.7. The van der Waals surface area contributed by atoms with Gasteiger partial charge in [0.25, 0.3) is 5.91 Å². The van der Waals surface area contributed by atoms with Gasteiger partial charge in [-0.1, -0.05) is 29.8 Å². The van der Waals surface area contributed by atoms with E-state index in [1.807, 2.05) is 0 Å². The van der Waals surface area contributed by atoms with Crippen LogP contribution in [0.1, 0.15) is 15.9 Å². The van der Waals surface area contributed by atoms with Gasteiger partial charge in [-0.3, -0.25) is 4.79 Å². The second kappa shape index (κ2) is 7.79. The minimum Gasteiger partial charge on any atom is -0.452 e. The van der Waals surface area contributed by atoms with Crippen molar-refractivity contribution in [3.63, 3.8) is 0 Å². The van der Waals surface area contributed by atoms with E-state index in [0.29, 0.717) is 10.6 Å². The van der Waals surface area contributed by atoms with Gasteiger partial charge in [-0.15, -0.1) is 0 Å². The molecule has 2 aromatic carbocycles. The Balaban J connectivity index is 1.91. The summed E-state index contributed by atoms with van der Waals surface area (Å²) in [5.41, 5.74) is 6.43. The lowest BCUT2D eigenvalue weighted by atomic mass is 10.2. The van der Waals surface area contributed by atoms with Gasteiger partial charge >= 0.3 is 5.97 Å². The van der Waals surface area contributed by atoms with Crippen LogP contribution in [-0.4, -0.2) is 30.4 Å². The van der Waals surface area contributed by atoms with Crippen molar-refractivity contribution >= 4 is 29.2 Å². The van der Waals surface area contributed by atoms with Crippen molar-refractivity contribution in [2.45, 2.75) is 6.54 Å². The largest absolute Gasteiger partial charge is 0.452 e. The molecule has 126 valence electrons. The molecule has 0 saturated heterocycles. The van der Waals surface area contributed by atoms with Crippen molar-refractivity contribution in [2.75, 3.05) is 19.4 Å². The van der Waals surface area contributed by atoms with E-state index in [1.54, 1.807) is 18.2 Å². The normalized spacial score (nSPS) is 10.3. The van der Waals surface area contributed by atoms with E-state index in [4.69, 9.17) is 22.1 Å². The molecule has 0 fully saturated rings. The molecular weight excluding hydrogens is 335 g/mol. The van der Waals surface area contributed by atoms with Gasteiger partial charge in [-0.25, -0.2) is 9.18 Å². The molecule has 0 aliphatic carbocycles. The summed E-state index contributed by atoms with van der Waals surface area (Å²) in [7, 11) is 1.50. The number of nitrogens with zero attached hydrogens (tertiary/aromatic N) is 1. The molecule has 5 nitrogen and oxygen atoms in total.